The van der Waals surface area contributed by atoms with Crippen LogP contribution in [0.15, 0.2) is 47.0 Å². The second kappa shape index (κ2) is 9.86. The van der Waals surface area contributed by atoms with Crippen LogP contribution in [-0.2, 0) is 20.7 Å². The van der Waals surface area contributed by atoms with E-state index in [0.29, 0.717) is 16.7 Å². The van der Waals surface area contributed by atoms with E-state index in [1.807, 2.05) is 0 Å². The van der Waals surface area contributed by atoms with Crippen molar-refractivity contribution < 1.29 is 28.4 Å². The highest BCUT2D eigenvalue weighted by Gasteiger charge is 2.16. The molecule has 0 aliphatic carbocycles. The van der Waals surface area contributed by atoms with E-state index in [2.05, 4.69) is 24.9 Å². The predicted molar refractivity (Wildman–Crippen MR) is 111 cm³/mol. The lowest BCUT2D eigenvalue weighted by atomic mass is 10.1. The molecule has 1 aromatic heterocycles. The van der Waals surface area contributed by atoms with E-state index in [0.717, 1.165) is 5.56 Å². The minimum absolute atomic E-state index is 0.0399. The number of amides is 1. The minimum Gasteiger partial charge on any atom is -0.465 e. The first-order chi connectivity index (χ1) is 14.9. The third-order valence-corrected chi connectivity index (χ3v) is 4.45. The molecular weight excluding hydrogens is 426 g/mol. The van der Waals surface area contributed by atoms with Gasteiger partial charge in [-0.2, -0.15) is 4.98 Å². The third kappa shape index (κ3) is 5.67. The van der Waals surface area contributed by atoms with E-state index in [4.69, 9.17) is 16.1 Å². The number of ether oxygens (including phenoxy) is 2. The molecule has 0 bridgehead atoms. The molecule has 0 spiro atoms. The Kier molecular flexibility index (Phi) is 6.99. The number of benzene rings is 2. The normalized spacial score (nSPS) is 10.4. The molecule has 0 fully saturated rings. The van der Waals surface area contributed by atoms with Gasteiger partial charge in [-0.1, -0.05) is 16.8 Å². The number of carbonyl (C=O) groups excluding carboxylic acids is 3. The van der Waals surface area contributed by atoms with Gasteiger partial charge in [-0.15, -0.1) is 0 Å². The maximum atomic E-state index is 12.4. The van der Waals surface area contributed by atoms with E-state index < -0.39 is 11.9 Å². The lowest BCUT2D eigenvalue weighted by molar-refractivity contribution is -0.116. The van der Waals surface area contributed by atoms with Crippen LogP contribution in [0, 0.1) is 0 Å². The zero-order valence-electron chi connectivity index (χ0n) is 16.7. The molecule has 0 aliphatic rings. The van der Waals surface area contributed by atoms with Crippen molar-refractivity contribution in [3.8, 4) is 11.4 Å². The molecule has 0 radical (unpaired) electrons. The Bertz CT molecular complexity index is 1080. The van der Waals surface area contributed by atoms with E-state index in [1.54, 1.807) is 24.3 Å². The summed E-state index contributed by atoms with van der Waals surface area (Å²) in [6.45, 7) is 0. The molecule has 0 atom stereocenters. The molecule has 160 valence electrons. The molecule has 0 saturated heterocycles. The van der Waals surface area contributed by atoms with Crippen LogP contribution in [0.5, 0.6) is 0 Å². The first-order valence-electron chi connectivity index (χ1n) is 9.09. The molecule has 31 heavy (non-hydrogen) atoms. The average Bonchev–Trinajstić information content (AvgIpc) is 3.26. The number of nitrogens with zero attached hydrogens (tertiary/aromatic N) is 2. The number of rotatable bonds is 7. The number of anilines is 1. The fourth-order valence-corrected chi connectivity index (χ4v) is 2.81. The maximum Gasteiger partial charge on any atom is 0.337 e. The van der Waals surface area contributed by atoms with Gasteiger partial charge in [0.1, 0.15) is 0 Å². The highest BCUT2D eigenvalue weighted by molar-refractivity contribution is 6.30. The molecule has 1 heterocycles. The summed E-state index contributed by atoms with van der Waals surface area (Å²) in [6.07, 6.45) is 0.241. The summed E-state index contributed by atoms with van der Waals surface area (Å²) in [5.41, 5.74) is 1.19. The molecule has 3 rings (SSSR count). The second-order valence-electron chi connectivity index (χ2n) is 6.35. The van der Waals surface area contributed by atoms with Crippen LogP contribution < -0.4 is 5.32 Å². The van der Waals surface area contributed by atoms with Crippen molar-refractivity contribution in [3.63, 3.8) is 0 Å². The number of nitrogens with one attached hydrogen (secondary N) is 1. The largest absolute Gasteiger partial charge is 0.465 e. The number of aryl methyl sites for hydroxylation is 1. The van der Waals surface area contributed by atoms with Gasteiger partial charge in [0.2, 0.25) is 17.6 Å². The molecule has 9 nitrogen and oxygen atoms in total. The SMILES string of the molecule is COC(=O)c1cc(NC(=O)CCc2nc(-c3ccc(Cl)cc3)no2)cc(C(=O)OC)c1. The molecule has 3 aromatic rings. The summed E-state index contributed by atoms with van der Waals surface area (Å²) in [7, 11) is 2.43. The van der Waals surface area contributed by atoms with Gasteiger partial charge < -0.3 is 19.3 Å². The summed E-state index contributed by atoms with van der Waals surface area (Å²) in [4.78, 5) is 40.3. The molecule has 1 amide bonds. The van der Waals surface area contributed by atoms with E-state index in [1.165, 1.54) is 32.4 Å². The second-order valence-corrected chi connectivity index (χ2v) is 6.79. The van der Waals surface area contributed by atoms with E-state index in [9.17, 15) is 14.4 Å². The van der Waals surface area contributed by atoms with E-state index in [-0.39, 0.29) is 35.6 Å². The number of carbonyl (C=O) groups is 3. The number of halogens is 1. The number of aromatic nitrogens is 2. The molecule has 1 N–H and O–H groups in total. The lowest BCUT2D eigenvalue weighted by Crippen LogP contribution is -2.14. The van der Waals surface area contributed by atoms with Crippen molar-refractivity contribution in [2.75, 3.05) is 19.5 Å². The highest BCUT2D eigenvalue weighted by Crippen LogP contribution is 2.20. The Morgan fingerprint density at radius 3 is 2.19 bits per heavy atom. The van der Waals surface area contributed by atoms with Gasteiger partial charge in [0, 0.05) is 29.1 Å². The number of esters is 2. The van der Waals surface area contributed by atoms with Crippen LogP contribution in [0.2, 0.25) is 5.02 Å². The standard InChI is InChI=1S/C21H18ClN3O6/c1-29-20(27)13-9-14(21(28)30-2)11-16(10-13)23-17(26)7-8-18-24-19(25-31-18)12-3-5-15(22)6-4-12/h3-6,9-11H,7-8H2,1-2H3,(H,23,26). The zero-order chi connectivity index (χ0) is 22.4. The van der Waals surface area contributed by atoms with Gasteiger partial charge in [-0.05, 0) is 42.5 Å². The van der Waals surface area contributed by atoms with Crippen molar-refractivity contribution in [1.82, 2.24) is 10.1 Å². The summed E-state index contributed by atoms with van der Waals surface area (Å²) in [6, 6.07) is 11.1. The Labute approximate surface area is 182 Å². The van der Waals surface area contributed by atoms with Gasteiger partial charge in [-0.25, -0.2) is 9.59 Å². The lowest BCUT2D eigenvalue weighted by Gasteiger charge is -2.09. The molecule has 0 aliphatic heterocycles. The summed E-state index contributed by atoms with van der Waals surface area (Å²) in [5, 5.41) is 7.13. The molecule has 10 heteroatoms. The molecule has 0 saturated carbocycles. The van der Waals surface area contributed by atoms with Crippen LogP contribution in [0.25, 0.3) is 11.4 Å². The fraction of sp³-hybridized carbons (Fsp3) is 0.190. The zero-order valence-corrected chi connectivity index (χ0v) is 17.4. The fourth-order valence-electron chi connectivity index (χ4n) is 2.69. The topological polar surface area (TPSA) is 121 Å². The number of hydrogen-bond donors (Lipinski definition) is 1. The van der Waals surface area contributed by atoms with Gasteiger partial charge in [0.15, 0.2) is 0 Å². The monoisotopic (exact) mass is 443 g/mol. The molecule has 2 aromatic carbocycles. The van der Waals surface area contributed by atoms with Crippen molar-refractivity contribution in [3.05, 3.63) is 64.5 Å². The summed E-state index contributed by atoms with van der Waals surface area (Å²) >= 11 is 5.87. The Morgan fingerprint density at radius 2 is 1.61 bits per heavy atom. The highest BCUT2D eigenvalue weighted by atomic mass is 35.5. The van der Waals surface area contributed by atoms with Crippen LogP contribution in [0.4, 0.5) is 5.69 Å². The minimum atomic E-state index is -0.651. The first kappa shape index (κ1) is 22.0. The van der Waals surface area contributed by atoms with Crippen LogP contribution >= 0.6 is 11.6 Å². The summed E-state index contributed by atoms with van der Waals surface area (Å²) < 4.78 is 14.5. The van der Waals surface area contributed by atoms with Crippen LogP contribution in [-0.4, -0.2) is 42.2 Å². The van der Waals surface area contributed by atoms with Gasteiger partial charge >= 0.3 is 11.9 Å². The molecule has 0 unspecified atom stereocenters. The van der Waals surface area contributed by atoms with E-state index >= 15 is 0 Å². The quantitative estimate of drug-likeness (QED) is 0.550. The van der Waals surface area contributed by atoms with Crippen molar-refractivity contribution in [1.29, 1.82) is 0 Å². The number of methoxy groups -OCH3 is 2. The predicted octanol–water partition coefficient (Wildman–Crippen LogP) is 3.53. The smallest absolute Gasteiger partial charge is 0.337 e. The Balaban J connectivity index is 1.66. The van der Waals surface area contributed by atoms with Crippen molar-refractivity contribution in [2.45, 2.75) is 12.8 Å². The van der Waals surface area contributed by atoms with Gasteiger partial charge in [0.05, 0.1) is 25.3 Å². The third-order valence-electron chi connectivity index (χ3n) is 4.20. The molecular formula is C21H18ClN3O6. The van der Waals surface area contributed by atoms with Crippen molar-refractivity contribution in [2.24, 2.45) is 0 Å². The Morgan fingerprint density at radius 1 is 1.00 bits per heavy atom. The average molecular weight is 444 g/mol. The Hall–Kier alpha value is -3.72. The summed E-state index contributed by atoms with van der Waals surface area (Å²) in [5.74, 6) is -0.994. The maximum absolute atomic E-state index is 12.4. The van der Waals surface area contributed by atoms with Crippen LogP contribution in [0.3, 0.4) is 0 Å². The van der Waals surface area contributed by atoms with Crippen LogP contribution in [0.1, 0.15) is 33.0 Å². The van der Waals surface area contributed by atoms with Crippen molar-refractivity contribution >= 4 is 35.1 Å². The van der Waals surface area contributed by atoms with Gasteiger partial charge in [-0.3, -0.25) is 4.79 Å². The first-order valence-corrected chi connectivity index (χ1v) is 9.47. The number of hydrogen-bond acceptors (Lipinski definition) is 8. The van der Waals surface area contributed by atoms with Gasteiger partial charge in [0.25, 0.3) is 0 Å².